The molecule has 0 fully saturated rings. The summed E-state index contributed by atoms with van der Waals surface area (Å²) < 4.78 is 16.4. The van der Waals surface area contributed by atoms with Crippen molar-refractivity contribution < 1.29 is 14.2 Å². The van der Waals surface area contributed by atoms with Crippen molar-refractivity contribution in [2.75, 3.05) is 20.3 Å². The number of methoxy groups -OCH3 is 1. The lowest BCUT2D eigenvalue weighted by atomic mass is 10.1. The van der Waals surface area contributed by atoms with E-state index < -0.39 is 0 Å². The topological polar surface area (TPSA) is 40.6 Å². The number of hydrogen-bond acceptors (Lipinski definition) is 5. The first-order chi connectivity index (χ1) is 11.3. The van der Waals surface area contributed by atoms with Gasteiger partial charge in [0.2, 0.25) is 0 Å². The van der Waals surface area contributed by atoms with Crippen molar-refractivity contribution in [2.24, 2.45) is 0 Å². The van der Waals surface area contributed by atoms with Crippen molar-refractivity contribution in [1.29, 1.82) is 0 Å². The van der Waals surface area contributed by atoms with E-state index >= 15 is 0 Å². The maximum Gasteiger partial charge on any atom is 0.162 e. The van der Waals surface area contributed by atoms with Crippen LogP contribution in [0.15, 0.2) is 47.8 Å². The van der Waals surface area contributed by atoms with Gasteiger partial charge in [0.15, 0.2) is 11.5 Å². The van der Waals surface area contributed by atoms with E-state index in [-0.39, 0.29) is 0 Å². The molecular formula is C18H15NO3S. The standard InChI is InChI=1S/C18H15NO3S/c1-20-14-5-2-12(3-6-14)15-11-23-18(19-15)13-4-7-16-17(10-13)22-9-8-21-16/h2-7,10-11H,8-9H2,1H3. The zero-order valence-electron chi connectivity index (χ0n) is 12.6. The molecule has 5 heteroatoms. The van der Waals surface area contributed by atoms with E-state index in [9.17, 15) is 0 Å². The Morgan fingerprint density at radius 1 is 0.957 bits per heavy atom. The third-order valence-electron chi connectivity index (χ3n) is 3.68. The van der Waals surface area contributed by atoms with Crippen LogP contribution >= 0.6 is 11.3 Å². The number of rotatable bonds is 3. The Labute approximate surface area is 138 Å². The molecule has 0 unspecified atom stereocenters. The van der Waals surface area contributed by atoms with Gasteiger partial charge in [-0.05, 0) is 42.5 Å². The van der Waals surface area contributed by atoms with Crippen molar-refractivity contribution in [3.05, 3.63) is 47.8 Å². The molecule has 0 N–H and O–H groups in total. The summed E-state index contributed by atoms with van der Waals surface area (Å²) in [5, 5.41) is 3.03. The fraction of sp³-hybridized carbons (Fsp3) is 0.167. The van der Waals surface area contributed by atoms with Gasteiger partial charge in [-0.15, -0.1) is 11.3 Å². The highest BCUT2D eigenvalue weighted by atomic mass is 32.1. The van der Waals surface area contributed by atoms with Gasteiger partial charge in [-0.25, -0.2) is 4.98 Å². The quantitative estimate of drug-likeness (QED) is 0.721. The third kappa shape index (κ3) is 2.75. The first-order valence-corrected chi connectivity index (χ1v) is 8.21. The molecule has 1 aliphatic heterocycles. The van der Waals surface area contributed by atoms with Gasteiger partial charge in [0.05, 0.1) is 12.8 Å². The van der Waals surface area contributed by atoms with E-state index in [4.69, 9.17) is 19.2 Å². The number of nitrogens with zero attached hydrogens (tertiary/aromatic N) is 1. The van der Waals surface area contributed by atoms with Crippen molar-refractivity contribution in [1.82, 2.24) is 4.98 Å². The maximum absolute atomic E-state index is 5.64. The molecule has 0 atom stereocenters. The molecule has 2 heterocycles. The molecule has 3 aromatic rings. The third-order valence-corrected chi connectivity index (χ3v) is 4.57. The summed E-state index contributed by atoms with van der Waals surface area (Å²) in [6.45, 7) is 1.19. The van der Waals surface area contributed by atoms with Crippen LogP contribution in [0.5, 0.6) is 17.2 Å². The summed E-state index contributed by atoms with van der Waals surface area (Å²) in [5.41, 5.74) is 3.08. The minimum atomic E-state index is 0.589. The van der Waals surface area contributed by atoms with Gasteiger partial charge in [-0.2, -0.15) is 0 Å². The monoisotopic (exact) mass is 325 g/mol. The highest BCUT2D eigenvalue weighted by molar-refractivity contribution is 7.13. The highest BCUT2D eigenvalue weighted by Gasteiger charge is 2.14. The summed E-state index contributed by atoms with van der Waals surface area (Å²) >= 11 is 1.62. The van der Waals surface area contributed by atoms with Crippen LogP contribution in [-0.2, 0) is 0 Å². The first-order valence-electron chi connectivity index (χ1n) is 7.33. The molecule has 0 amide bonds. The number of aromatic nitrogens is 1. The van der Waals surface area contributed by atoms with Gasteiger partial charge < -0.3 is 14.2 Å². The average Bonchev–Trinajstić information content (AvgIpc) is 3.11. The molecular weight excluding hydrogens is 310 g/mol. The number of thiazole rings is 1. The van der Waals surface area contributed by atoms with Crippen LogP contribution in [0, 0.1) is 0 Å². The molecule has 0 saturated heterocycles. The zero-order valence-corrected chi connectivity index (χ0v) is 13.4. The van der Waals surface area contributed by atoms with Crippen LogP contribution in [0.4, 0.5) is 0 Å². The largest absolute Gasteiger partial charge is 0.497 e. The van der Waals surface area contributed by atoms with Gasteiger partial charge in [0, 0.05) is 16.5 Å². The molecule has 0 aliphatic carbocycles. The molecule has 4 nitrogen and oxygen atoms in total. The SMILES string of the molecule is COc1ccc(-c2csc(-c3ccc4c(c3)OCCO4)n2)cc1. The van der Waals surface area contributed by atoms with E-state index in [1.54, 1.807) is 18.4 Å². The van der Waals surface area contributed by atoms with Crippen molar-refractivity contribution >= 4 is 11.3 Å². The lowest BCUT2D eigenvalue weighted by Crippen LogP contribution is -2.15. The summed E-state index contributed by atoms with van der Waals surface area (Å²) in [6.07, 6.45) is 0. The molecule has 23 heavy (non-hydrogen) atoms. The molecule has 0 spiro atoms. The molecule has 0 radical (unpaired) electrons. The van der Waals surface area contributed by atoms with Crippen LogP contribution in [0.1, 0.15) is 0 Å². The maximum atomic E-state index is 5.64. The van der Waals surface area contributed by atoms with Crippen molar-refractivity contribution in [3.8, 4) is 39.1 Å². The van der Waals surface area contributed by atoms with Gasteiger partial charge >= 0.3 is 0 Å². The summed E-state index contributed by atoms with van der Waals surface area (Å²) in [5.74, 6) is 2.43. The minimum Gasteiger partial charge on any atom is -0.497 e. The number of benzene rings is 2. The van der Waals surface area contributed by atoms with Crippen molar-refractivity contribution in [2.45, 2.75) is 0 Å². The van der Waals surface area contributed by atoms with E-state index in [0.717, 1.165) is 39.1 Å². The lowest BCUT2D eigenvalue weighted by Gasteiger charge is -2.18. The Kier molecular flexibility index (Phi) is 3.63. The molecule has 0 bridgehead atoms. The Morgan fingerprint density at radius 2 is 1.70 bits per heavy atom. The van der Waals surface area contributed by atoms with Crippen LogP contribution in [0.3, 0.4) is 0 Å². The zero-order chi connectivity index (χ0) is 15.6. The fourth-order valence-corrected chi connectivity index (χ4v) is 3.30. The number of ether oxygens (including phenoxy) is 3. The normalized spacial score (nSPS) is 12.9. The van der Waals surface area contributed by atoms with Gasteiger partial charge in [0.1, 0.15) is 24.0 Å². The smallest absolute Gasteiger partial charge is 0.162 e. The first kappa shape index (κ1) is 14.1. The predicted molar refractivity (Wildman–Crippen MR) is 90.5 cm³/mol. The number of fused-ring (bicyclic) bond motifs is 1. The van der Waals surface area contributed by atoms with Crippen LogP contribution in [-0.4, -0.2) is 25.3 Å². The predicted octanol–water partition coefficient (Wildman–Crippen LogP) is 4.26. The molecule has 0 saturated carbocycles. The Bertz CT molecular complexity index is 827. The van der Waals surface area contributed by atoms with Crippen LogP contribution in [0.25, 0.3) is 21.8 Å². The van der Waals surface area contributed by atoms with Gasteiger partial charge in [-0.1, -0.05) is 0 Å². The van der Waals surface area contributed by atoms with E-state index in [1.807, 2.05) is 42.5 Å². The minimum absolute atomic E-state index is 0.589. The second-order valence-electron chi connectivity index (χ2n) is 5.12. The van der Waals surface area contributed by atoms with Crippen LogP contribution < -0.4 is 14.2 Å². The van der Waals surface area contributed by atoms with E-state index in [2.05, 4.69) is 5.38 Å². The summed E-state index contributed by atoms with van der Waals surface area (Å²) in [6, 6.07) is 13.9. The van der Waals surface area contributed by atoms with Gasteiger partial charge in [-0.3, -0.25) is 0 Å². The number of hydrogen-bond donors (Lipinski definition) is 0. The Morgan fingerprint density at radius 3 is 2.48 bits per heavy atom. The van der Waals surface area contributed by atoms with Crippen molar-refractivity contribution in [3.63, 3.8) is 0 Å². The fourth-order valence-electron chi connectivity index (χ4n) is 2.48. The Balaban J connectivity index is 1.64. The summed E-state index contributed by atoms with van der Waals surface area (Å²) in [4.78, 5) is 4.74. The molecule has 2 aromatic carbocycles. The molecule has 4 rings (SSSR count). The second kappa shape index (κ2) is 5.93. The Hall–Kier alpha value is -2.53. The average molecular weight is 325 g/mol. The summed E-state index contributed by atoms with van der Waals surface area (Å²) in [7, 11) is 1.66. The highest BCUT2D eigenvalue weighted by Crippen LogP contribution is 2.36. The van der Waals surface area contributed by atoms with E-state index in [0.29, 0.717) is 13.2 Å². The van der Waals surface area contributed by atoms with Crippen LogP contribution in [0.2, 0.25) is 0 Å². The molecule has 1 aromatic heterocycles. The van der Waals surface area contributed by atoms with E-state index in [1.165, 1.54) is 0 Å². The molecule has 116 valence electrons. The molecule has 1 aliphatic rings. The second-order valence-corrected chi connectivity index (χ2v) is 5.98. The lowest BCUT2D eigenvalue weighted by molar-refractivity contribution is 0.171. The van der Waals surface area contributed by atoms with Gasteiger partial charge in [0.25, 0.3) is 0 Å².